The minimum atomic E-state index is -0.701. The van der Waals surface area contributed by atoms with Gasteiger partial charge in [0.2, 0.25) is 5.91 Å². The van der Waals surface area contributed by atoms with Gasteiger partial charge in [0.25, 0.3) is 0 Å². The van der Waals surface area contributed by atoms with Gasteiger partial charge in [-0.15, -0.1) is 0 Å². The highest BCUT2D eigenvalue weighted by Crippen LogP contribution is 2.31. The van der Waals surface area contributed by atoms with Gasteiger partial charge in [-0.3, -0.25) is 9.59 Å². The summed E-state index contributed by atoms with van der Waals surface area (Å²) >= 11 is 0. The fraction of sp³-hybridized carbons (Fsp3) is 0.467. The Morgan fingerprint density at radius 1 is 1.18 bits per heavy atom. The number of ketones is 1. The zero-order valence-electron chi connectivity index (χ0n) is 22.7. The third kappa shape index (κ3) is 5.70. The summed E-state index contributed by atoms with van der Waals surface area (Å²) in [6.45, 7) is 5.65. The zero-order chi connectivity index (χ0) is 27.4. The lowest BCUT2D eigenvalue weighted by Gasteiger charge is -2.32. The van der Waals surface area contributed by atoms with E-state index in [2.05, 4.69) is 15.6 Å². The monoisotopic (exact) mass is 519 g/mol. The Morgan fingerprint density at radius 2 is 1.92 bits per heavy atom. The maximum absolute atomic E-state index is 13.8. The number of likely N-dealkylation sites (N-methyl/N-ethyl adjacent to an activating group) is 1. The van der Waals surface area contributed by atoms with Crippen molar-refractivity contribution >= 4 is 28.3 Å². The number of aryl methyl sites for hydroxylation is 1. The number of hydrogen-bond donors (Lipinski definition) is 3. The van der Waals surface area contributed by atoms with Crippen LogP contribution in [-0.2, 0) is 9.59 Å². The molecule has 1 aliphatic rings. The van der Waals surface area contributed by atoms with E-state index >= 15 is 0 Å². The predicted molar refractivity (Wildman–Crippen MR) is 149 cm³/mol. The summed E-state index contributed by atoms with van der Waals surface area (Å²) in [7, 11) is 1.71. The minimum absolute atomic E-state index is 0.00764. The molecule has 38 heavy (non-hydrogen) atoms. The average Bonchev–Trinajstić information content (AvgIpc) is 3.27. The van der Waals surface area contributed by atoms with Gasteiger partial charge in [0.15, 0.2) is 5.78 Å². The number of aromatic nitrogens is 2. The van der Waals surface area contributed by atoms with Gasteiger partial charge in [-0.25, -0.2) is 9.37 Å². The first-order chi connectivity index (χ1) is 18.2. The molecular formula is C30H38FN5O2. The van der Waals surface area contributed by atoms with Gasteiger partial charge in [-0.2, -0.15) is 0 Å². The third-order valence-electron chi connectivity index (χ3n) is 7.93. The Bertz CT molecular complexity index is 1330. The minimum Gasteiger partial charge on any atom is -0.344 e. The molecule has 3 unspecified atom stereocenters. The van der Waals surface area contributed by atoms with Crippen molar-refractivity contribution in [3.8, 4) is 5.82 Å². The van der Waals surface area contributed by atoms with E-state index in [0.717, 1.165) is 54.1 Å². The van der Waals surface area contributed by atoms with E-state index in [9.17, 15) is 14.0 Å². The molecule has 4 rings (SSSR count). The fourth-order valence-electron chi connectivity index (χ4n) is 5.56. The lowest BCUT2D eigenvalue weighted by molar-refractivity contribution is -0.127. The van der Waals surface area contributed by atoms with Gasteiger partial charge in [0.05, 0.1) is 23.3 Å². The lowest BCUT2D eigenvalue weighted by atomic mass is 9.78. The van der Waals surface area contributed by atoms with E-state index in [-0.39, 0.29) is 29.1 Å². The standard InChI is InChI=1S/C30H38FN5O2/c1-5-23(27(32)29(37)28(20-9-7-6-8-10-20)35-30(38)19(3)33-4)21-13-14-34-26(15-21)36-17-18(2)24-16-22(31)11-12-25(24)36/h11-17,19-20,23,28,32-33H,5-10H2,1-4H3,(H,35,38). The number of hydrogen-bond acceptors (Lipinski definition) is 5. The summed E-state index contributed by atoms with van der Waals surface area (Å²) in [5, 5.41) is 15.7. The Labute approximate surface area is 223 Å². The highest BCUT2D eigenvalue weighted by Gasteiger charge is 2.36. The molecule has 0 spiro atoms. The maximum Gasteiger partial charge on any atom is 0.237 e. The summed E-state index contributed by atoms with van der Waals surface area (Å²) in [5.74, 6) is -0.585. The van der Waals surface area contributed by atoms with Crippen molar-refractivity contribution in [3.05, 3.63) is 59.7 Å². The number of pyridine rings is 1. The van der Waals surface area contributed by atoms with Crippen LogP contribution in [0.3, 0.4) is 0 Å². The first kappa shape index (κ1) is 27.6. The number of Topliss-reactive ketones (excluding diaryl/α,β-unsaturated/α-hetero) is 1. The predicted octanol–water partition coefficient (Wildman–Crippen LogP) is 5.23. The van der Waals surface area contributed by atoms with Crippen LogP contribution in [0.5, 0.6) is 0 Å². The van der Waals surface area contributed by atoms with Crippen molar-refractivity contribution < 1.29 is 14.0 Å². The number of nitrogens with one attached hydrogen (secondary N) is 3. The van der Waals surface area contributed by atoms with E-state index in [1.807, 2.05) is 36.7 Å². The lowest BCUT2D eigenvalue weighted by Crippen LogP contribution is -2.53. The first-order valence-corrected chi connectivity index (χ1v) is 13.6. The number of amides is 1. The van der Waals surface area contributed by atoms with Crippen LogP contribution < -0.4 is 10.6 Å². The molecule has 1 saturated carbocycles. The zero-order valence-corrected chi connectivity index (χ0v) is 22.7. The molecule has 0 bridgehead atoms. The third-order valence-corrected chi connectivity index (χ3v) is 7.93. The molecular weight excluding hydrogens is 481 g/mol. The molecule has 8 heteroatoms. The molecule has 1 fully saturated rings. The fourth-order valence-corrected chi connectivity index (χ4v) is 5.56. The molecule has 1 aromatic carbocycles. The number of benzene rings is 1. The van der Waals surface area contributed by atoms with Crippen molar-refractivity contribution in [2.45, 2.75) is 77.3 Å². The van der Waals surface area contributed by atoms with Gasteiger partial charge >= 0.3 is 0 Å². The van der Waals surface area contributed by atoms with E-state index in [0.29, 0.717) is 12.2 Å². The van der Waals surface area contributed by atoms with Crippen LogP contribution in [0.4, 0.5) is 4.39 Å². The van der Waals surface area contributed by atoms with E-state index < -0.39 is 18.0 Å². The van der Waals surface area contributed by atoms with Gasteiger partial charge in [-0.05, 0) is 87.5 Å². The quantitative estimate of drug-likeness (QED) is 0.320. The largest absolute Gasteiger partial charge is 0.344 e. The van der Waals surface area contributed by atoms with Crippen molar-refractivity contribution in [2.75, 3.05) is 7.05 Å². The number of rotatable bonds is 10. The van der Waals surface area contributed by atoms with Crippen LogP contribution >= 0.6 is 0 Å². The molecule has 0 radical (unpaired) electrons. The molecule has 0 aliphatic heterocycles. The molecule has 3 aromatic rings. The number of halogens is 1. The van der Waals surface area contributed by atoms with Crippen molar-refractivity contribution in [1.29, 1.82) is 5.41 Å². The number of fused-ring (bicyclic) bond motifs is 1. The molecule has 3 N–H and O–H groups in total. The number of carbonyl (C=O) groups excluding carboxylic acids is 2. The van der Waals surface area contributed by atoms with Crippen LogP contribution in [0, 0.1) is 24.1 Å². The first-order valence-electron chi connectivity index (χ1n) is 13.6. The smallest absolute Gasteiger partial charge is 0.237 e. The van der Waals surface area contributed by atoms with Crippen LogP contribution in [-0.4, -0.2) is 46.1 Å². The Hall–Kier alpha value is -3.39. The summed E-state index contributed by atoms with van der Waals surface area (Å²) in [4.78, 5) is 31.1. The number of nitrogens with zero attached hydrogens (tertiary/aromatic N) is 2. The second kappa shape index (κ2) is 12.0. The van der Waals surface area contributed by atoms with E-state index in [1.54, 1.807) is 26.2 Å². The average molecular weight is 520 g/mol. The molecule has 1 amide bonds. The van der Waals surface area contributed by atoms with Gasteiger partial charge < -0.3 is 20.6 Å². The van der Waals surface area contributed by atoms with Gasteiger partial charge in [0.1, 0.15) is 11.6 Å². The molecule has 7 nitrogen and oxygen atoms in total. The Balaban J connectivity index is 1.64. The summed E-state index contributed by atoms with van der Waals surface area (Å²) < 4.78 is 15.8. The second-order valence-corrected chi connectivity index (χ2v) is 10.4. The highest BCUT2D eigenvalue weighted by atomic mass is 19.1. The van der Waals surface area contributed by atoms with E-state index in [4.69, 9.17) is 5.41 Å². The molecule has 2 heterocycles. The van der Waals surface area contributed by atoms with Gasteiger partial charge in [0, 0.05) is 23.7 Å². The summed E-state index contributed by atoms with van der Waals surface area (Å²) in [5.41, 5.74) is 2.60. The Kier molecular flexibility index (Phi) is 8.72. The van der Waals surface area contributed by atoms with E-state index in [1.165, 1.54) is 12.1 Å². The molecule has 0 saturated heterocycles. The topological polar surface area (TPSA) is 99.9 Å². The summed E-state index contributed by atoms with van der Waals surface area (Å²) in [6, 6.07) is 7.29. The maximum atomic E-state index is 13.8. The summed E-state index contributed by atoms with van der Waals surface area (Å²) in [6.07, 6.45) is 9.09. The molecule has 2 aromatic heterocycles. The molecule has 1 aliphatic carbocycles. The second-order valence-electron chi connectivity index (χ2n) is 10.4. The van der Waals surface area contributed by atoms with Crippen molar-refractivity contribution in [3.63, 3.8) is 0 Å². The van der Waals surface area contributed by atoms with Gasteiger partial charge in [-0.1, -0.05) is 26.2 Å². The molecule has 202 valence electrons. The Morgan fingerprint density at radius 3 is 2.61 bits per heavy atom. The SMILES string of the molecule is CCC(C(=N)C(=O)C(NC(=O)C(C)NC)C1CCCCC1)c1ccnc(-n2cc(C)c3cc(F)ccc32)c1. The normalized spacial score (nSPS) is 16.7. The number of carbonyl (C=O) groups is 2. The van der Waals surface area contributed by atoms with Crippen LogP contribution in [0.25, 0.3) is 16.7 Å². The highest BCUT2D eigenvalue weighted by molar-refractivity contribution is 6.42. The van der Waals surface area contributed by atoms with Crippen LogP contribution in [0.2, 0.25) is 0 Å². The van der Waals surface area contributed by atoms with Crippen LogP contribution in [0.15, 0.2) is 42.7 Å². The van der Waals surface area contributed by atoms with Crippen molar-refractivity contribution in [2.24, 2.45) is 5.92 Å². The molecule has 3 atom stereocenters. The van der Waals surface area contributed by atoms with Crippen molar-refractivity contribution in [1.82, 2.24) is 20.2 Å². The van der Waals surface area contributed by atoms with Crippen LogP contribution in [0.1, 0.15) is 69.4 Å².